The van der Waals surface area contributed by atoms with E-state index in [0.29, 0.717) is 16.1 Å². The number of methoxy groups -OCH3 is 1. The van der Waals surface area contributed by atoms with Crippen LogP contribution in [0, 0.1) is 12.3 Å². The van der Waals surface area contributed by atoms with Gasteiger partial charge in [-0.25, -0.2) is 4.98 Å². The summed E-state index contributed by atoms with van der Waals surface area (Å²) in [6.45, 7) is 0. The number of terminal acetylenes is 1. The quantitative estimate of drug-likeness (QED) is 0.881. The number of rotatable bonds is 3. The van der Waals surface area contributed by atoms with E-state index in [4.69, 9.17) is 40.1 Å². The first-order chi connectivity index (χ1) is 9.99. The lowest BCUT2D eigenvalue weighted by Gasteiger charge is -2.10. The molecule has 0 aliphatic heterocycles. The van der Waals surface area contributed by atoms with Gasteiger partial charge in [-0.1, -0.05) is 29.1 Å². The van der Waals surface area contributed by atoms with E-state index in [2.05, 4.69) is 15.9 Å². The summed E-state index contributed by atoms with van der Waals surface area (Å²) in [6, 6.07) is 3.21. The van der Waals surface area contributed by atoms with E-state index >= 15 is 0 Å². The van der Waals surface area contributed by atoms with Crippen molar-refractivity contribution in [2.45, 2.75) is 0 Å². The van der Waals surface area contributed by atoms with Crippen LogP contribution in [0.3, 0.4) is 0 Å². The highest BCUT2D eigenvalue weighted by Crippen LogP contribution is 2.35. The van der Waals surface area contributed by atoms with Crippen molar-refractivity contribution in [1.29, 1.82) is 0 Å². The fourth-order valence-corrected chi connectivity index (χ4v) is 2.11. The van der Waals surface area contributed by atoms with Crippen LogP contribution in [0.15, 0.2) is 18.3 Å². The Morgan fingerprint density at radius 2 is 2.14 bits per heavy atom. The van der Waals surface area contributed by atoms with Crippen molar-refractivity contribution in [3.05, 3.63) is 39.5 Å². The van der Waals surface area contributed by atoms with Gasteiger partial charge in [0.2, 0.25) is 5.88 Å². The highest BCUT2D eigenvalue weighted by molar-refractivity contribution is 6.43. The monoisotopic (exact) mass is 321 g/mol. The van der Waals surface area contributed by atoms with Crippen molar-refractivity contribution < 1.29 is 9.53 Å². The molecule has 0 bridgehead atoms. The van der Waals surface area contributed by atoms with Crippen molar-refractivity contribution >= 4 is 29.1 Å². The minimum atomic E-state index is -0.701. The predicted molar refractivity (Wildman–Crippen MR) is 80.5 cm³/mol. The molecule has 1 aromatic heterocycles. The molecule has 0 spiro atoms. The molecular weight excluding hydrogens is 313 g/mol. The Balaban J connectivity index is 2.71. The first-order valence-electron chi connectivity index (χ1n) is 5.65. The highest BCUT2D eigenvalue weighted by atomic mass is 35.5. The third-order valence-corrected chi connectivity index (χ3v) is 3.49. The van der Waals surface area contributed by atoms with Gasteiger partial charge in [0.25, 0.3) is 5.91 Å². The van der Waals surface area contributed by atoms with E-state index in [0.717, 1.165) is 0 Å². The molecule has 0 aliphatic rings. The largest absolute Gasteiger partial charge is 0.480 e. The molecule has 0 aliphatic carbocycles. The Bertz CT molecular complexity index is 770. The summed E-state index contributed by atoms with van der Waals surface area (Å²) in [4.78, 5) is 19.4. The van der Waals surface area contributed by atoms with Crippen molar-refractivity contribution in [2.75, 3.05) is 7.11 Å². The Morgan fingerprint density at radius 1 is 1.43 bits per heavy atom. The molecule has 2 aromatic rings. The standard InChI is InChI=1S/C14H9Cl2N3O2/c1-3-7-4-5-9(15)11(16)10(7)13-18-6-8(12(17)20)14(19-13)21-2/h1,4-6H,2H3,(H2,17,20). The average Bonchev–Trinajstić information content (AvgIpc) is 2.49. The third-order valence-electron chi connectivity index (χ3n) is 2.69. The van der Waals surface area contributed by atoms with E-state index in [9.17, 15) is 4.79 Å². The van der Waals surface area contributed by atoms with Gasteiger partial charge < -0.3 is 10.5 Å². The van der Waals surface area contributed by atoms with Crippen molar-refractivity contribution in [3.8, 4) is 29.6 Å². The van der Waals surface area contributed by atoms with Crippen LogP contribution >= 0.6 is 23.2 Å². The number of benzene rings is 1. The molecule has 5 nitrogen and oxygen atoms in total. The molecule has 2 rings (SSSR count). The van der Waals surface area contributed by atoms with Crippen LogP contribution in [0.2, 0.25) is 10.0 Å². The normalized spacial score (nSPS) is 10.0. The first-order valence-corrected chi connectivity index (χ1v) is 6.41. The summed E-state index contributed by atoms with van der Waals surface area (Å²) in [5.74, 6) is 2.01. The van der Waals surface area contributed by atoms with Crippen molar-refractivity contribution in [3.63, 3.8) is 0 Å². The zero-order valence-corrected chi connectivity index (χ0v) is 12.4. The number of ether oxygens (including phenoxy) is 1. The number of carbonyl (C=O) groups is 1. The van der Waals surface area contributed by atoms with Crippen molar-refractivity contribution in [1.82, 2.24) is 9.97 Å². The zero-order chi connectivity index (χ0) is 15.6. The molecule has 0 saturated carbocycles. The zero-order valence-electron chi connectivity index (χ0n) is 10.9. The van der Waals surface area contributed by atoms with Crippen LogP contribution in [-0.2, 0) is 0 Å². The number of nitrogens with zero attached hydrogens (tertiary/aromatic N) is 2. The van der Waals surface area contributed by atoms with Crippen LogP contribution in [-0.4, -0.2) is 23.0 Å². The second-order valence-electron chi connectivity index (χ2n) is 3.91. The lowest BCUT2D eigenvalue weighted by Crippen LogP contribution is -2.14. The molecule has 1 heterocycles. The van der Waals surface area contributed by atoms with E-state index in [1.54, 1.807) is 12.1 Å². The van der Waals surface area contributed by atoms with Crippen LogP contribution in [0.5, 0.6) is 5.88 Å². The molecule has 0 fully saturated rings. The van der Waals surface area contributed by atoms with Gasteiger partial charge in [0.05, 0.1) is 22.7 Å². The maximum atomic E-state index is 11.3. The topological polar surface area (TPSA) is 78.1 Å². The molecule has 1 aromatic carbocycles. The summed E-state index contributed by atoms with van der Waals surface area (Å²) >= 11 is 12.2. The molecule has 0 atom stereocenters. The molecule has 106 valence electrons. The lowest BCUT2D eigenvalue weighted by molar-refractivity contribution is 0.0996. The molecule has 7 heteroatoms. The Labute approximate surface area is 131 Å². The van der Waals surface area contributed by atoms with Gasteiger partial charge in [-0.05, 0) is 12.1 Å². The van der Waals surface area contributed by atoms with Crippen molar-refractivity contribution in [2.24, 2.45) is 5.73 Å². The predicted octanol–water partition coefficient (Wildman–Crippen LogP) is 2.54. The molecule has 2 N–H and O–H groups in total. The number of nitrogens with two attached hydrogens (primary N) is 1. The van der Waals surface area contributed by atoms with Gasteiger partial charge in [0.15, 0.2) is 5.82 Å². The average molecular weight is 322 g/mol. The third kappa shape index (κ3) is 2.77. The maximum absolute atomic E-state index is 11.3. The lowest BCUT2D eigenvalue weighted by atomic mass is 10.1. The summed E-state index contributed by atoms with van der Waals surface area (Å²) in [7, 11) is 1.36. The summed E-state index contributed by atoms with van der Waals surface area (Å²) in [5, 5.41) is 0.535. The number of amides is 1. The molecule has 0 unspecified atom stereocenters. The molecule has 0 radical (unpaired) electrons. The fourth-order valence-electron chi connectivity index (χ4n) is 1.70. The van der Waals surface area contributed by atoms with E-state index in [-0.39, 0.29) is 22.3 Å². The second kappa shape index (κ2) is 6.00. The number of aromatic nitrogens is 2. The molecular formula is C14H9Cl2N3O2. The van der Waals surface area contributed by atoms with E-state index in [1.165, 1.54) is 13.3 Å². The van der Waals surface area contributed by atoms with Gasteiger partial charge in [0, 0.05) is 11.8 Å². The smallest absolute Gasteiger partial charge is 0.255 e. The second-order valence-corrected chi connectivity index (χ2v) is 4.69. The Kier molecular flexibility index (Phi) is 4.32. The minimum absolute atomic E-state index is 0.0338. The van der Waals surface area contributed by atoms with E-state index in [1.807, 2.05) is 0 Å². The summed E-state index contributed by atoms with van der Waals surface area (Å²) in [6.07, 6.45) is 6.69. The van der Waals surface area contributed by atoms with Crippen LogP contribution in [0.4, 0.5) is 0 Å². The Morgan fingerprint density at radius 3 is 2.71 bits per heavy atom. The molecule has 0 saturated heterocycles. The van der Waals surface area contributed by atoms with Gasteiger partial charge >= 0.3 is 0 Å². The van der Waals surface area contributed by atoms with Gasteiger partial charge in [0.1, 0.15) is 5.56 Å². The van der Waals surface area contributed by atoms with Gasteiger partial charge in [-0.3, -0.25) is 4.79 Å². The Hall–Kier alpha value is -2.29. The van der Waals surface area contributed by atoms with Crippen LogP contribution in [0.1, 0.15) is 15.9 Å². The number of primary amides is 1. The molecule has 21 heavy (non-hydrogen) atoms. The highest BCUT2D eigenvalue weighted by Gasteiger charge is 2.18. The summed E-state index contributed by atoms with van der Waals surface area (Å²) in [5.41, 5.74) is 6.13. The number of halogens is 2. The molecule has 1 amide bonds. The van der Waals surface area contributed by atoms with E-state index < -0.39 is 5.91 Å². The number of hydrogen-bond acceptors (Lipinski definition) is 4. The number of carbonyl (C=O) groups excluding carboxylic acids is 1. The SMILES string of the molecule is C#Cc1ccc(Cl)c(Cl)c1-c1ncc(C(N)=O)c(OC)n1. The van der Waals surface area contributed by atoms with Crippen LogP contribution < -0.4 is 10.5 Å². The van der Waals surface area contributed by atoms with Crippen LogP contribution in [0.25, 0.3) is 11.4 Å². The summed E-state index contributed by atoms with van der Waals surface area (Å²) < 4.78 is 5.03. The number of hydrogen-bond donors (Lipinski definition) is 1. The first kappa shape index (κ1) is 15.1. The van der Waals surface area contributed by atoms with Gasteiger partial charge in [-0.2, -0.15) is 4.98 Å². The minimum Gasteiger partial charge on any atom is -0.480 e. The fraction of sp³-hybridized carbons (Fsp3) is 0.0714. The maximum Gasteiger partial charge on any atom is 0.255 e. The van der Waals surface area contributed by atoms with Gasteiger partial charge in [-0.15, -0.1) is 6.42 Å².